The summed E-state index contributed by atoms with van der Waals surface area (Å²) >= 11 is 12.9. The molecule has 1 aliphatic carbocycles. The molecular formula is C7H7Cl2NS. The van der Waals surface area contributed by atoms with Crippen LogP contribution in [0.5, 0.6) is 0 Å². The fraction of sp³-hybridized carbons (Fsp3) is 0.571. The van der Waals surface area contributed by atoms with Gasteiger partial charge in [0, 0.05) is 5.38 Å². The molecule has 0 saturated carbocycles. The van der Waals surface area contributed by atoms with Crippen molar-refractivity contribution >= 4 is 35.0 Å². The number of hydrogen-bond acceptors (Lipinski definition) is 2. The molecule has 4 heteroatoms. The van der Waals surface area contributed by atoms with Gasteiger partial charge in [-0.2, -0.15) is 5.26 Å². The Morgan fingerprint density at radius 3 is 2.91 bits per heavy atom. The molecule has 0 unspecified atom stereocenters. The van der Waals surface area contributed by atoms with Gasteiger partial charge in [0.2, 0.25) is 0 Å². The summed E-state index contributed by atoms with van der Waals surface area (Å²) in [7, 11) is 0. The molecule has 0 aromatic heterocycles. The Morgan fingerprint density at radius 1 is 1.64 bits per heavy atom. The molecule has 0 bridgehead atoms. The van der Waals surface area contributed by atoms with Gasteiger partial charge < -0.3 is 0 Å². The zero-order valence-electron chi connectivity index (χ0n) is 5.76. The van der Waals surface area contributed by atoms with E-state index < -0.39 is 0 Å². The molecule has 0 radical (unpaired) electrons. The second-order valence-electron chi connectivity index (χ2n) is 2.38. The predicted octanol–water partition coefficient (Wildman–Crippen LogP) is 3.09. The van der Waals surface area contributed by atoms with E-state index in [1.807, 2.05) is 11.5 Å². The summed E-state index contributed by atoms with van der Waals surface area (Å²) in [5, 5.41) is 10.5. The van der Waals surface area contributed by atoms with Gasteiger partial charge in [-0.25, -0.2) is 0 Å². The third-order valence-corrected chi connectivity index (χ3v) is 2.74. The lowest BCUT2D eigenvalue weighted by atomic mass is 10.1. The zero-order valence-corrected chi connectivity index (χ0v) is 8.09. The molecule has 1 rings (SSSR count). The van der Waals surface area contributed by atoms with E-state index in [1.54, 1.807) is 0 Å². The Hall–Kier alpha value is 0.160. The molecule has 0 aromatic carbocycles. The Bertz CT molecular complexity index is 209. The maximum absolute atomic E-state index is 8.38. The zero-order chi connectivity index (χ0) is 8.27. The van der Waals surface area contributed by atoms with Crippen molar-refractivity contribution < 1.29 is 0 Å². The number of hydrogen-bond donors (Lipinski definition) is 0. The molecule has 0 spiro atoms. The first-order valence-electron chi connectivity index (χ1n) is 3.27. The van der Waals surface area contributed by atoms with Gasteiger partial charge in [-0.3, -0.25) is 0 Å². The number of halogens is 2. The van der Waals surface area contributed by atoms with Gasteiger partial charge in [0.05, 0.1) is 5.38 Å². The highest BCUT2D eigenvalue weighted by Gasteiger charge is 2.19. The third-order valence-electron chi connectivity index (χ3n) is 1.45. The van der Waals surface area contributed by atoms with Crippen LogP contribution in [0.1, 0.15) is 12.8 Å². The van der Waals surface area contributed by atoms with E-state index in [9.17, 15) is 0 Å². The molecule has 0 N–H and O–H groups in total. The smallest absolute Gasteiger partial charge is 0.138 e. The minimum Gasteiger partial charge on any atom is -0.185 e. The maximum atomic E-state index is 8.38. The van der Waals surface area contributed by atoms with E-state index in [-0.39, 0.29) is 10.8 Å². The maximum Gasteiger partial charge on any atom is 0.138 e. The number of allylic oxidation sites excluding steroid dienone is 2. The Balaban J connectivity index is 2.58. The highest BCUT2D eigenvalue weighted by molar-refractivity contribution is 8.07. The molecule has 60 valence electrons. The van der Waals surface area contributed by atoms with Crippen molar-refractivity contribution in [3.8, 4) is 5.40 Å². The van der Waals surface area contributed by atoms with Crippen LogP contribution in [0.4, 0.5) is 0 Å². The van der Waals surface area contributed by atoms with Crippen LogP contribution in [0.15, 0.2) is 11.0 Å². The highest BCUT2D eigenvalue weighted by Crippen LogP contribution is 2.31. The number of thioether (sulfide) groups is 1. The summed E-state index contributed by atoms with van der Waals surface area (Å²) in [4.78, 5) is 0.999. The largest absolute Gasteiger partial charge is 0.185 e. The van der Waals surface area contributed by atoms with Crippen LogP contribution in [0.25, 0.3) is 0 Å². The molecule has 0 amide bonds. The van der Waals surface area contributed by atoms with E-state index in [0.29, 0.717) is 0 Å². The Kier molecular flexibility index (Phi) is 3.58. The van der Waals surface area contributed by atoms with E-state index in [4.69, 9.17) is 28.5 Å². The van der Waals surface area contributed by atoms with Crippen LogP contribution < -0.4 is 0 Å². The van der Waals surface area contributed by atoms with E-state index in [0.717, 1.165) is 29.5 Å². The van der Waals surface area contributed by atoms with E-state index in [1.165, 1.54) is 0 Å². The van der Waals surface area contributed by atoms with Gasteiger partial charge in [0.25, 0.3) is 0 Å². The highest BCUT2D eigenvalue weighted by atomic mass is 35.5. The van der Waals surface area contributed by atoms with Crippen molar-refractivity contribution in [3.05, 3.63) is 11.0 Å². The Morgan fingerprint density at radius 2 is 2.36 bits per heavy atom. The summed E-state index contributed by atoms with van der Waals surface area (Å²) in [6.07, 6.45) is 3.50. The number of nitriles is 1. The van der Waals surface area contributed by atoms with Gasteiger partial charge in [-0.05, 0) is 29.5 Å². The third kappa shape index (κ3) is 2.94. The molecule has 0 saturated heterocycles. The molecule has 0 aromatic rings. The SMILES string of the molecule is N#CSC1=C[C@H](Cl)C[C@H](Cl)C1. The lowest BCUT2D eigenvalue weighted by Gasteiger charge is -2.18. The Labute approximate surface area is 80.4 Å². The molecule has 1 nitrogen and oxygen atoms in total. The first-order valence-corrected chi connectivity index (χ1v) is 4.96. The van der Waals surface area contributed by atoms with Crippen LogP contribution in [-0.2, 0) is 0 Å². The topological polar surface area (TPSA) is 23.8 Å². The van der Waals surface area contributed by atoms with E-state index in [2.05, 4.69) is 0 Å². The van der Waals surface area contributed by atoms with Gasteiger partial charge in [0.1, 0.15) is 5.40 Å². The van der Waals surface area contributed by atoms with Gasteiger partial charge in [-0.1, -0.05) is 6.08 Å². The summed E-state index contributed by atoms with van der Waals surface area (Å²) in [6, 6.07) is 0. The molecule has 2 atom stereocenters. The predicted molar refractivity (Wildman–Crippen MR) is 49.8 cm³/mol. The average molecular weight is 208 g/mol. The van der Waals surface area contributed by atoms with Crippen LogP contribution >= 0.6 is 35.0 Å². The second kappa shape index (κ2) is 4.25. The first kappa shape index (κ1) is 9.25. The normalized spacial score (nSPS) is 30.8. The van der Waals surface area contributed by atoms with Crippen molar-refractivity contribution in [1.29, 1.82) is 5.26 Å². The molecule has 11 heavy (non-hydrogen) atoms. The number of alkyl halides is 2. The minimum atomic E-state index is 0.00194. The van der Waals surface area contributed by atoms with Gasteiger partial charge in [-0.15, -0.1) is 23.2 Å². The van der Waals surface area contributed by atoms with Crippen LogP contribution in [0.3, 0.4) is 0 Å². The monoisotopic (exact) mass is 207 g/mol. The molecule has 0 heterocycles. The van der Waals surface area contributed by atoms with Gasteiger partial charge >= 0.3 is 0 Å². The summed E-state index contributed by atoms with van der Waals surface area (Å²) in [5.74, 6) is 0. The molecular weight excluding hydrogens is 201 g/mol. The first-order chi connectivity index (χ1) is 5.22. The van der Waals surface area contributed by atoms with Crippen molar-refractivity contribution in [1.82, 2.24) is 0 Å². The summed E-state index contributed by atoms with van der Waals surface area (Å²) < 4.78 is 0. The summed E-state index contributed by atoms with van der Waals surface area (Å²) in [6.45, 7) is 0. The number of nitrogens with zero attached hydrogens (tertiary/aromatic N) is 1. The molecule has 0 fully saturated rings. The van der Waals surface area contributed by atoms with Gasteiger partial charge in [0.15, 0.2) is 0 Å². The lowest BCUT2D eigenvalue weighted by Crippen LogP contribution is -2.12. The van der Waals surface area contributed by atoms with E-state index >= 15 is 0 Å². The summed E-state index contributed by atoms with van der Waals surface area (Å²) in [5.41, 5.74) is 0. The fourth-order valence-electron chi connectivity index (χ4n) is 1.02. The lowest BCUT2D eigenvalue weighted by molar-refractivity contribution is 0.738. The average Bonchev–Trinajstić information content (AvgIpc) is 1.85. The molecule has 1 aliphatic rings. The minimum absolute atomic E-state index is 0.00194. The van der Waals surface area contributed by atoms with Crippen molar-refractivity contribution in [2.75, 3.05) is 0 Å². The molecule has 0 aliphatic heterocycles. The number of rotatable bonds is 1. The van der Waals surface area contributed by atoms with Crippen molar-refractivity contribution in [2.45, 2.75) is 23.6 Å². The van der Waals surface area contributed by atoms with Crippen LogP contribution in [0, 0.1) is 10.7 Å². The quantitative estimate of drug-likeness (QED) is 0.488. The standard InChI is InChI=1S/C7H7Cl2NS/c8-5-1-6(9)3-7(2-5)11-4-10/h2,5-6H,1,3H2/t5-,6+/m1/s1. The van der Waals surface area contributed by atoms with Crippen LogP contribution in [0.2, 0.25) is 0 Å². The number of thiocyanates is 1. The fourth-order valence-corrected chi connectivity index (χ4v) is 2.63. The van der Waals surface area contributed by atoms with Crippen molar-refractivity contribution in [2.24, 2.45) is 0 Å². The van der Waals surface area contributed by atoms with Crippen LogP contribution in [-0.4, -0.2) is 10.8 Å². The second-order valence-corrected chi connectivity index (χ2v) is 4.47. The van der Waals surface area contributed by atoms with Crippen molar-refractivity contribution in [3.63, 3.8) is 0 Å².